The van der Waals surface area contributed by atoms with Crippen LogP contribution < -0.4 is 11.3 Å². The van der Waals surface area contributed by atoms with Gasteiger partial charge in [-0.05, 0) is 26.0 Å². The highest BCUT2D eigenvalue weighted by molar-refractivity contribution is 7.80. The summed E-state index contributed by atoms with van der Waals surface area (Å²) in [4.78, 5) is 23.2. The standard InChI is InChI=1S/C11H14N2O3S/c1-7(2)16-9(14)6-13-5-3-4-8(10(12)17)11(13)15/h3-5,7H,6H2,1-2H3,(H2,12,17). The summed E-state index contributed by atoms with van der Waals surface area (Å²) in [5, 5.41) is 0. The molecule has 0 spiro atoms. The molecule has 2 N–H and O–H groups in total. The van der Waals surface area contributed by atoms with E-state index in [4.69, 9.17) is 22.7 Å². The highest BCUT2D eigenvalue weighted by Crippen LogP contribution is 1.95. The molecule has 0 saturated carbocycles. The minimum Gasteiger partial charge on any atom is -0.462 e. The molecule has 1 aromatic rings. The first-order valence-corrected chi connectivity index (χ1v) is 5.51. The van der Waals surface area contributed by atoms with Gasteiger partial charge >= 0.3 is 5.97 Å². The summed E-state index contributed by atoms with van der Waals surface area (Å²) in [5.74, 6) is -0.470. The molecule has 0 aliphatic rings. The maximum absolute atomic E-state index is 11.8. The van der Waals surface area contributed by atoms with Crippen LogP contribution in [0.2, 0.25) is 0 Å². The lowest BCUT2D eigenvalue weighted by molar-refractivity contribution is -0.148. The van der Waals surface area contributed by atoms with Gasteiger partial charge in [-0.2, -0.15) is 0 Å². The molecule has 0 unspecified atom stereocenters. The Bertz CT molecular complexity index is 494. The molecule has 1 rings (SSSR count). The summed E-state index contributed by atoms with van der Waals surface area (Å²) in [5.41, 5.74) is 5.23. The smallest absolute Gasteiger partial charge is 0.326 e. The summed E-state index contributed by atoms with van der Waals surface area (Å²) in [6.07, 6.45) is 1.28. The number of esters is 1. The topological polar surface area (TPSA) is 74.3 Å². The normalized spacial score (nSPS) is 10.3. The number of nitrogens with zero attached hydrogens (tertiary/aromatic N) is 1. The van der Waals surface area contributed by atoms with Crippen molar-refractivity contribution in [2.75, 3.05) is 0 Å². The molecule has 17 heavy (non-hydrogen) atoms. The molecule has 0 aromatic carbocycles. The van der Waals surface area contributed by atoms with Gasteiger partial charge in [0.15, 0.2) is 0 Å². The number of rotatable bonds is 4. The Kier molecular flexibility index (Phi) is 4.39. The second kappa shape index (κ2) is 5.58. The molecule has 0 amide bonds. The molecule has 0 fully saturated rings. The maximum Gasteiger partial charge on any atom is 0.326 e. The number of aromatic nitrogens is 1. The van der Waals surface area contributed by atoms with Crippen molar-refractivity contribution in [3.63, 3.8) is 0 Å². The second-order valence-corrected chi connectivity index (χ2v) is 4.20. The third kappa shape index (κ3) is 3.67. The molecule has 6 heteroatoms. The number of hydrogen-bond acceptors (Lipinski definition) is 4. The first kappa shape index (κ1) is 13.4. The van der Waals surface area contributed by atoms with E-state index in [9.17, 15) is 9.59 Å². The van der Waals surface area contributed by atoms with Gasteiger partial charge in [0.1, 0.15) is 11.5 Å². The Balaban J connectivity index is 2.93. The third-order valence-corrected chi connectivity index (χ3v) is 2.17. The molecule has 0 aliphatic carbocycles. The van der Waals surface area contributed by atoms with Gasteiger partial charge in [0.25, 0.3) is 5.56 Å². The molecule has 0 saturated heterocycles. The fourth-order valence-corrected chi connectivity index (χ4v) is 1.44. The highest BCUT2D eigenvalue weighted by atomic mass is 32.1. The van der Waals surface area contributed by atoms with Gasteiger partial charge in [-0.3, -0.25) is 9.59 Å². The minimum atomic E-state index is -0.470. The lowest BCUT2D eigenvalue weighted by atomic mass is 10.3. The number of pyridine rings is 1. The van der Waals surface area contributed by atoms with E-state index in [1.54, 1.807) is 19.9 Å². The van der Waals surface area contributed by atoms with Gasteiger partial charge < -0.3 is 15.0 Å². The van der Waals surface area contributed by atoms with Crippen LogP contribution in [0, 0.1) is 0 Å². The Morgan fingerprint density at radius 2 is 2.24 bits per heavy atom. The fourth-order valence-electron chi connectivity index (χ4n) is 1.29. The molecule has 0 atom stereocenters. The predicted molar refractivity (Wildman–Crippen MR) is 67.8 cm³/mol. The molecule has 1 heterocycles. The summed E-state index contributed by atoms with van der Waals surface area (Å²) in [7, 11) is 0. The molecule has 5 nitrogen and oxygen atoms in total. The van der Waals surface area contributed by atoms with E-state index in [2.05, 4.69) is 0 Å². The number of thiocarbonyl (C=S) groups is 1. The number of nitrogens with two attached hydrogens (primary N) is 1. The monoisotopic (exact) mass is 254 g/mol. The van der Waals surface area contributed by atoms with Crippen LogP contribution in [0.3, 0.4) is 0 Å². The lowest BCUT2D eigenvalue weighted by Gasteiger charge is -2.10. The molecule has 1 aromatic heterocycles. The van der Waals surface area contributed by atoms with Crippen molar-refractivity contribution < 1.29 is 9.53 Å². The van der Waals surface area contributed by atoms with Gasteiger partial charge in [-0.1, -0.05) is 12.2 Å². The predicted octanol–water partition coefficient (Wildman–Crippen LogP) is 0.434. The Morgan fingerprint density at radius 3 is 2.76 bits per heavy atom. The van der Waals surface area contributed by atoms with Gasteiger partial charge in [0.05, 0.1) is 11.7 Å². The fraction of sp³-hybridized carbons (Fsp3) is 0.364. The van der Waals surface area contributed by atoms with Crippen LogP contribution in [0.1, 0.15) is 19.4 Å². The van der Waals surface area contributed by atoms with E-state index in [1.807, 2.05) is 0 Å². The van der Waals surface area contributed by atoms with E-state index < -0.39 is 5.97 Å². The molecule has 0 radical (unpaired) electrons. The molecular weight excluding hydrogens is 240 g/mol. The van der Waals surface area contributed by atoms with Crippen molar-refractivity contribution in [2.24, 2.45) is 5.73 Å². The zero-order valence-corrected chi connectivity index (χ0v) is 10.5. The van der Waals surface area contributed by atoms with E-state index in [0.717, 1.165) is 0 Å². The maximum atomic E-state index is 11.8. The molecule has 0 bridgehead atoms. The third-order valence-electron chi connectivity index (χ3n) is 1.95. The van der Waals surface area contributed by atoms with Gasteiger partial charge in [0, 0.05) is 6.20 Å². The van der Waals surface area contributed by atoms with Crippen molar-refractivity contribution in [1.29, 1.82) is 0 Å². The van der Waals surface area contributed by atoms with Crippen molar-refractivity contribution in [3.8, 4) is 0 Å². The van der Waals surface area contributed by atoms with E-state index in [-0.39, 0.29) is 28.8 Å². The average Bonchev–Trinajstić information content (AvgIpc) is 2.19. The first-order valence-electron chi connectivity index (χ1n) is 5.10. The Labute approximate surface area is 104 Å². The van der Waals surface area contributed by atoms with Crippen molar-refractivity contribution in [3.05, 3.63) is 34.2 Å². The lowest BCUT2D eigenvalue weighted by Crippen LogP contribution is -2.31. The summed E-state index contributed by atoms with van der Waals surface area (Å²) >= 11 is 4.74. The quantitative estimate of drug-likeness (QED) is 0.623. The average molecular weight is 254 g/mol. The number of carbonyl (C=O) groups is 1. The van der Waals surface area contributed by atoms with Crippen LogP contribution in [0.4, 0.5) is 0 Å². The van der Waals surface area contributed by atoms with Crippen LogP contribution in [0.5, 0.6) is 0 Å². The van der Waals surface area contributed by atoms with Crippen LogP contribution in [0.25, 0.3) is 0 Å². The Hall–Kier alpha value is -1.69. The van der Waals surface area contributed by atoms with E-state index in [1.165, 1.54) is 16.8 Å². The Morgan fingerprint density at radius 1 is 1.59 bits per heavy atom. The van der Waals surface area contributed by atoms with E-state index >= 15 is 0 Å². The summed E-state index contributed by atoms with van der Waals surface area (Å²) < 4.78 is 6.17. The largest absolute Gasteiger partial charge is 0.462 e. The summed E-state index contributed by atoms with van der Waals surface area (Å²) in [6, 6.07) is 3.13. The molecular formula is C11H14N2O3S. The first-order chi connectivity index (χ1) is 7.91. The van der Waals surface area contributed by atoms with Crippen molar-refractivity contribution in [2.45, 2.75) is 26.5 Å². The minimum absolute atomic E-state index is 0.0153. The number of ether oxygens (including phenoxy) is 1. The van der Waals surface area contributed by atoms with Gasteiger partial charge in [0.2, 0.25) is 0 Å². The second-order valence-electron chi connectivity index (χ2n) is 3.76. The van der Waals surface area contributed by atoms with Crippen molar-refractivity contribution >= 4 is 23.2 Å². The van der Waals surface area contributed by atoms with Crippen LogP contribution >= 0.6 is 12.2 Å². The van der Waals surface area contributed by atoms with Crippen LogP contribution in [0.15, 0.2) is 23.1 Å². The number of carbonyl (C=O) groups excluding carboxylic acids is 1. The highest BCUT2D eigenvalue weighted by Gasteiger charge is 2.10. The zero-order valence-electron chi connectivity index (χ0n) is 9.67. The SMILES string of the molecule is CC(C)OC(=O)Cn1cccc(C(N)=S)c1=O. The number of hydrogen-bond donors (Lipinski definition) is 1. The molecule has 0 aliphatic heterocycles. The zero-order chi connectivity index (χ0) is 13.0. The van der Waals surface area contributed by atoms with Crippen molar-refractivity contribution in [1.82, 2.24) is 4.57 Å². The van der Waals surface area contributed by atoms with Crippen LogP contribution in [-0.4, -0.2) is 21.6 Å². The van der Waals surface area contributed by atoms with Gasteiger partial charge in [-0.15, -0.1) is 0 Å². The molecule has 92 valence electrons. The van der Waals surface area contributed by atoms with Crippen LogP contribution in [-0.2, 0) is 16.1 Å². The van der Waals surface area contributed by atoms with Gasteiger partial charge in [-0.25, -0.2) is 0 Å². The van der Waals surface area contributed by atoms with E-state index in [0.29, 0.717) is 0 Å². The summed E-state index contributed by atoms with van der Waals surface area (Å²) in [6.45, 7) is 3.34.